The first-order valence-electron chi connectivity index (χ1n) is 8.53. The summed E-state index contributed by atoms with van der Waals surface area (Å²) >= 11 is 0. The molecule has 5 heteroatoms. The predicted molar refractivity (Wildman–Crippen MR) is 96.2 cm³/mol. The first kappa shape index (κ1) is 17.3. The Morgan fingerprint density at radius 1 is 1.08 bits per heavy atom. The van der Waals surface area contributed by atoms with Crippen molar-refractivity contribution in [1.29, 1.82) is 0 Å². The van der Waals surface area contributed by atoms with Crippen LogP contribution in [0, 0.1) is 6.92 Å². The van der Waals surface area contributed by atoms with E-state index < -0.39 is 0 Å². The number of hydrogen-bond acceptors (Lipinski definition) is 4. The van der Waals surface area contributed by atoms with E-state index in [0.29, 0.717) is 18.0 Å². The molecule has 2 aromatic carbocycles. The zero-order valence-corrected chi connectivity index (χ0v) is 14.4. The molecular formula is C20H23NO4. The van der Waals surface area contributed by atoms with E-state index in [9.17, 15) is 4.79 Å². The smallest absolute Gasteiger partial charge is 0.262 e. The highest BCUT2D eigenvalue weighted by molar-refractivity contribution is 5.91. The molecule has 1 amide bonds. The number of ether oxygens (including phenoxy) is 3. The molecule has 0 spiro atoms. The fourth-order valence-corrected chi connectivity index (χ4v) is 2.58. The van der Waals surface area contributed by atoms with Crippen molar-refractivity contribution in [2.75, 3.05) is 25.1 Å². The van der Waals surface area contributed by atoms with Gasteiger partial charge in [0.05, 0.1) is 6.10 Å². The quantitative estimate of drug-likeness (QED) is 0.836. The van der Waals surface area contributed by atoms with Crippen LogP contribution in [0.25, 0.3) is 0 Å². The monoisotopic (exact) mass is 341 g/mol. The van der Waals surface area contributed by atoms with E-state index in [1.54, 1.807) is 0 Å². The lowest BCUT2D eigenvalue weighted by molar-refractivity contribution is -0.118. The number of amides is 1. The van der Waals surface area contributed by atoms with Crippen molar-refractivity contribution in [3.05, 3.63) is 54.1 Å². The van der Waals surface area contributed by atoms with Crippen LogP contribution in [-0.4, -0.2) is 31.8 Å². The van der Waals surface area contributed by atoms with Gasteiger partial charge in [0.25, 0.3) is 5.91 Å². The Kier molecular flexibility index (Phi) is 5.90. The van der Waals surface area contributed by atoms with Crippen LogP contribution >= 0.6 is 0 Å². The van der Waals surface area contributed by atoms with Gasteiger partial charge in [-0.25, -0.2) is 0 Å². The van der Waals surface area contributed by atoms with Gasteiger partial charge in [0, 0.05) is 12.3 Å². The second-order valence-electron chi connectivity index (χ2n) is 6.12. The second kappa shape index (κ2) is 8.53. The molecule has 0 saturated carbocycles. The lowest BCUT2D eigenvalue weighted by Crippen LogP contribution is -2.20. The minimum absolute atomic E-state index is 0.0274. The Balaban J connectivity index is 1.42. The van der Waals surface area contributed by atoms with Crippen molar-refractivity contribution >= 4 is 11.6 Å². The minimum atomic E-state index is -0.200. The standard InChI is InChI=1S/C20H23NO4/c1-15-4-8-17(9-5-15)25-14-20(22)21-16-6-10-18(11-7-16)24-13-19-3-2-12-23-19/h4-11,19H,2-3,12-14H2,1H3,(H,21,22). The molecule has 25 heavy (non-hydrogen) atoms. The third-order valence-electron chi connectivity index (χ3n) is 3.99. The number of benzene rings is 2. The summed E-state index contributed by atoms with van der Waals surface area (Å²) in [7, 11) is 0. The Morgan fingerprint density at radius 3 is 2.44 bits per heavy atom. The first-order valence-corrected chi connectivity index (χ1v) is 8.53. The molecule has 1 fully saturated rings. The van der Waals surface area contributed by atoms with Crippen molar-refractivity contribution in [3.63, 3.8) is 0 Å². The van der Waals surface area contributed by atoms with Crippen molar-refractivity contribution in [2.45, 2.75) is 25.9 Å². The van der Waals surface area contributed by atoms with E-state index >= 15 is 0 Å². The molecule has 1 heterocycles. The third-order valence-corrected chi connectivity index (χ3v) is 3.99. The van der Waals surface area contributed by atoms with E-state index in [-0.39, 0.29) is 18.6 Å². The fraction of sp³-hybridized carbons (Fsp3) is 0.350. The van der Waals surface area contributed by atoms with E-state index in [2.05, 4.69) is 5.32 Å². The minimum Gasteiger partial charge on any atom is -0.491 e. The second-order valence-corrected chi connectivity index (χ2v) is 6.12. The molecule has 1 N–H and O–H groups in total. The van der Waals surface area contributed by atoms with Crippen LogP contribution in [0.2, 0.25) is 0 Å². The summed E-state index contributed by atoms with van der Waals surface area (Å²) in [6.45, 7) is 3.37. The fourth-order valence-electron chi connectivity index (χ4n) is 2.58. The van der Waals surface area contributed by atoms with E-state index in [0.717, 1.165) is 30.8 Å². The average Bonchev–Trinajstić information content (AvgIpc) is 3.14. The molecule has 1 saturated heterocycles. The lowest BCUT2D eigenvalue weighted by Gasteiger charge is -2.12. The zero-order chi connectivity index (χ0) is 17.5. The molecule has 0 radical (unpaired) electrons. The first-order chi connectivity index (χ1) is 12.2. The lowest BCUT2D eigenvalue weighted by atomic mass is 10.2. The number of hydrogen-bond donors (Lipinski definition) is 1. The largest absolute Gasteiger partial charge is 0.491 e. The molecular weight excluding hydrogens is 318 g/mol. The van der Waals surface area contributed by atoms with Crippen LogP contribution in [0.5, 0.6) is 11.5 Å². The maximum absolute atomic E-state index is 12.0. The van der Waals surface area contributed by atoms with Crippen LogP contribution in [0.3, 0.4) is 0 Å². The van der Waals surface area contributed by atoms with Crippen LogP contribution < -0.4 is 14.8 Å². The van der Waals surface area contributed by atoms with Crippen molar-refractivity contribution in [3.8, 4) is 11.5 Å². The predicted octanol–water partition coefficient (Wildman–Crippen LogP) is 3.57. The Morgan fingerprint density at radius 2 is 1.76 bits per heavy atom. The summed E-state index contributed by atoms with van der Waals surface area (Å²) in [6.07, 6.45) is 2.34. The maximum atomic E-state index is 12.0. The maximum Gasteiger partial charge on any atom is 0.262 e. The number of nitrogens with one attached hydrogen (secondary N) is 1. The number of aryl methyl sites for hydroxylation is 1. The van der Waals surface area contributed by atoms with Crippen LogP contribution in [-0.2, 0) is 9.53 Å². The highest BCUT2D eigenvalue weighted by Crippen LogP contribution is 2.18. The summed E-state index contributed by atoms with van der Waals surface area (Å²) in [4.78, 5) is 12.0. The highest BCUT2D eigenvalue weighted by Gasteiger charge is 2.15. The molecule has 0 aliphatic carbocycles. The van der Waals surface area contributed by atoms with E-state index in [4.69, 9.17) is 14.2 Å². The molecule has 1 atom stereocenters. The summed E-state index contributed by atoms with van der Waals surface area (Å²) < 4.78 is 16.7. The van der Waals surface area contributed by atoms with Gasteiger partial charge in [0.1, 0.15) is 18.1 Å². The molecule has 5 nitrogen and oxygen atoms in total. The van der Waals surface area contributed by atoms with Gasteiger partial charge < -0.3 is 19.5 Å². The SMILES string of the molecule is Cc1ccc(OCC(=O)Nc2ccc(OCC3CCCO3)cc2)cc1. The topological polar surface area (TPSA) is 56.8 Å². The molecule has 2 aromatic rings. The van der Waals surface area contributed by atoms with Gasteiger partial charge in [0.2, 0.25) is 0 Å². The van der Waals surface area contributed by atoms with Gasteiger partial charge in [-0.3, -0.25) is 4.79 Å². The molecule has 3 rings (SSSR count). The van der Waals surface area contributed by atoms with Crippen LogP contribution in [0.15, 0.2) is 48.5 Å². The summed E-state index contributed by atoms with van der Waals surface area (Å²) in [5.41, 5.74) is 1.86. The molecule has 1 unspecified atom stereocenters. The van der Waals surface area contributed by atoms with Crippen LogP contribution in [0.4, 0.5) is 5.69 Å². The Labute approximate surface area is 147 Å². The molecule has 132 valence electrons. The normalized spacial score (nSPS) is 16.4. The molecule has 0 aromatic heterocycles. The van der Waals surface area contributed by atoms with E-state index in [1.165, 1.54) is 0 Å². The average molecular weight is 341 g/mol. The zero-order valence-electron chi connectivity index (χ0n) is 14.4. The third kappa shape index (κ3) is 5.50. The highest BCUT2D eigenvalue weighted by atomic mass is 16.5. The summed E-state index contributed by atoms with van der Waals surface area (Å²) in [6, 6.07) is 14.9. The summed E-state index contributed by atoms with van der Waals surface area (Å²) in [5, 5.41) is 2.80. The van der Waals surface area contributed by atoms with Gasteiger partial charge in [-0.05, 0) is 56.2 Å². The van der Waals surface area contributed by atoms with Gasteiger partial charge in [-0.1, -0.05) is 17.7 Å². The van der Waals surface area contributed by atoms with Crippen molar-refractivity contribution in [1.82, 2.24) is 0 Å². The van der Waals surface area contributed by atoms with Gasteiger partial charge in [-0.15, -0.1) is 0 Å². The van der Waals surface area contributed by atoms with E-state index in [1.807, 2.05) is 55.5 Å². The van der Waals surface area contributed by atoms with Gasteiger partial charge in [0.15, 0.2) is 6.61 Å². The molecule has 1 aliphatic rings. The Bertz CT molecular complexity index is 676. The van der Waals surface area contributed by atoms with Gasteiger partial charge in [-0.2, -0.15) is 0 Å². The van der Waals surface area contributed by atoms with Crippen molar-refractivity contribution in [2.24, 2.45) is 0 Å². The number of anilines is 1. The number of carbonyl (C=O) groups is 1. The molecule has 0 bridgehead atoms. The number of rotatable bonds is 7. The number of carbonyl (C=O) groups excluding carboxylic acids is 1. The van der Waals surface area contributed by atoms with Crippen molar-refractivity contribution < 1.29 is 19.0 Å². The Hall–Kier alpha value is -2.53. The van der Waals surface area contributed by atoms with Crippen LogP contribution in [0.1, 0.15) is 18.4 Å². The summed E-state index contributed by atoms with van der Waals surface area (Å²) in [5.74, 6) is 1.25. The van der Waals surface area contributed by atoms with Gasteiger partial charge >= 0.3 is 0 Å². The molecule has 1 aliphatic heterocycles.